The van der Waals surface area contributed by atoms with Gasteiger partial charge in [0.2, 0.25) is 0 Å². The monoisotopic (exact) mass is 210 g/mol. The number of rotatable bonds is 4. The van der Waals surface area contributed by atoms with Crippen LogP contribution in [0.15, 0.2) is 6.33 Å². The predicted octanol–water partition coefficient (Wildman–Crippen LogP) is 1.35. The molecule has 1 rings (SSSR count). The second-order valence-corrected chi connectivity index (χ2v) is 3.95. The second-order valence-electron chi connectivity index (χ2n) is 3.59. The summed E-state index contributed by atoms with van der Waals surface area (Å²) < 4.78 is 1.71. The first-order chi connectivity index (χ1) is 6.67. The van der Waals surface area contributed by atoms with Crippen LogP contribution in [0.5, 0.6) is 0 Å². The smallest absolute Gasteiger partial charge is 0.251 e. The number of aromatic nitrogens is 3. The number of thiol groups is 1. The third kappa shape index (κ3) is 2.74. The van der Waals surface area contributed by atoms with Gasteiger partial charge in [-0.1, -0.05) is 13.8 Å². The zero-order valence-corrected chi connectivity index (χ0v) is 9.28. The van der Waals surface area contributed by atoms with Crippen LogP contribution in [0.4, 0.5) is 0 Å². The van der Waals surface area contributed by atoms with E-state index in [9.17, 15) is 0 Å². The lowest BCUT2D eigenvalue weighted by Crippen LogP contribution is -2.18. The highest BCUT2D eigenvalue weighted by atomic mass is 32.1. The van der Waals surface area contributed by atoms with Gasteiger partial charge < -0.3 is 0 Å². The molecule has 0 saturated carbocycles. The van der Waals surface area contributed by atoms with Crippen LogP contribution < -0.4 is 0 Å². The Hall–Kier alpha value is -1.02. The normalized spacial score (nSPS) is 12.8. The van der Waals surface area contributed by atoms with Crippen molar-refractivity contribution < 1.29 is 0 Å². The molecular weight excluding hydrogens is 196 g/mol. The van der Waals surface area contributed by atoms with Gasteiger partial charge in [0, 0.05) is 6.54 Å². The van der Waals surface area contributed by atoms with Gasteiger partial charge in [-0.15, -0.1) is 5.10 Å². The number of nitrogens with zero attached hydrogens (tertiary/aromatic N) is 4. The zero-order valence-electron chi connectivity index (χ0n) is 8.38. The highest BCUT2D eigenvalue weighted by Gasteiger charge is 2.13. The van der Waals surface area contributed by atoms with Gasteiger partial charge in [-0.3, -0.25) is 4.68 Å². The molecule has 1 aromatic heterocycles. The molecule has 0 amide bonds. The molecule has 0 N–H and O–H groups in total. The van der Waals surface area contributed by atoms with Crippen molar-refractivity contribution in [1.82, 2.24) is 14.8 Å². The Labute approximate surface area is 89.4 Å². The first-order valence-electron chi connectivity index (χ1n) is 4.57. The molecule has 14 heavy (non-hydrogen) atoms. The minimum absolute atomic E-state index is 0.228. The molecule has 0 saturated heterocycles. The van der Waals surface area contributed by atoms with Crippen molar-refractivity contribution in [3.63, 3.8) is 0 Å². The molecule has 0 spiro atoms. The van der Waals surface area contributed by atoms with Crippen LogP contribution in [-0.4, -0.2) is 20.5 Å². The molecule has 0 aliphatic heterocycles. The van der Waals surface area contributed by atoms with E-state index in [4.69, 9.17) is 5.26 Å². The molecule has 0 fully saturated rings. The average molecular weight is 210 g/mol. The molecule has 0 aromatic carbocycles. The molecule has 76 valence electrons. The largest absolute Gasteiger partial charge is 0.252 e. The van der Waals surface area contributed by atoms with Crippen molar-refractivity contribution in [2.24, 2.45) is 11.8 Å². The average Bonchev–Trinajstić information content (AvgIpc) is 2.61. The molecule has 0 bridgehead atoms. The van der Waals surface area contributed by atoms with Gasteiger partial charge in [0.05, 0.1) is 0 Å². The van der Waals surface area contributed by atoms with Crippen LogP contribution in [0.1, 0.15) is 19.7 Å². The van der Waals surface area contributed by atoms with Crippen molar-refractivity contribution >= 4 is 12.6 Å². The van der Waals surface area contributed by atoms with Gasteiger partial charge in [-0.25, -0.2) is 4.98 Å². The van der Waals surface area contributed by atoms with Crippen LogP contribution in [0, 0.1) is 23.2 Å². The van der Waals surface area contributed by atoms with Gasteiger partial charge in [-0.2, -0.15) is 17.9 Å². The molecule has 0 radical (unpaired) electrons. The standard InChI is InChI=1S/C9H14N4S/c1-7(2)8(5-14)4-13-6-11-9(3-10)12-13/h6-8,14H,4-5H2,1-2H3. The summed E-state index contributed by atoms with van der Waals surface area (Å²) >= 11 is 4.29. The van der Waals surface area contributed by atoms with E-state index in [2.05, 4.69) is 36.6 Å². The maximum atomic E-state index is 8.55. The summed E-state index contributed by atoms with van der Waals surface area (Å²) in [4.78, 5) is 3.85. The first kappa shape index (κ1) is 11.1. The fraction of sp³-hybridized carbons (Fsp3) is 0.667. The fourth-order valence-corrected chi connectivity index (χ4v) is 1.69. The van der Waals surface area contributed by atoms with Crippen LogP contribution in [0.2, 0.25) is 0 Å². The second kappa shape index (κ2) is 5.01. The molecule has 1 unspecified atom stereocenters. The molecule has 4 nitrogen and oxygen atoms in total. The van der Waals surface area contributed by atoms with Crippen molar-refractivity contribution in [3.8, 4) is 6.07 Å². The highest BCUT2D eigenvalue weighted by Crippen LogP contribution is 2.14. The van der Waals surface area contributed by atoms with Gasteiger partial charge in [0.1, 0.15) is 12.4 Å². The lowest BCUT2D eigenvalue weighted by Gasteiger charge is -2.17. The van der Waals surface area contributed by atoms with Crippen LogP contribution in [0.25, 0.3) is 0 Å². The van der Waals surface area contributed by atoms with E-state index < -0.39 is 0 Å². The minimum atomic E-state index is 0.228. The van der Waals surface area contributed by atoms with Crippen LogP contribution >= 0.6 is 12.6 Å². The molecule has 0 aliphatic rings. The van der Waals surface area contributed by atoms with Crippen molar-refractivity contribution in [2.75, 3.05) is 5.75 Å². The van der Waals surface area contributed by atoms with Gasteiger partial charge in [0.25, 0.3) is 5.82 Å². The summed E-state index contributed by atoms with van der Waals surface area (Å²) in [5.41, 5.74) is 0. The third-order valence-electron chi connectivity index (χ3n) is 2.24. The third-order valence-corrected chi connectivity index (χ3v) is 2.70. The summed E-state index contributed by atoms with van der Waals surface area (Å²) in [6.07, 6.45) is 1.59. The maximum Gasteiger partial charge on any atom is 0.252 e. The molecule has 1 aromatic rings. The van der Waals surface area contributed by atoms with Gasteiger partial charge in [-0.05, 0) is 17.6 Å². The van der Waals surface area contributed by atoms with Gasteiger partial charge in [0.15, 0.2) is 0 Å². The maximum absolute atomic E-state index is 8.55. The first-order valence-corrected chi connectivity index (χ1v) is 5.21. The summed E-state index contributed by atoms with van der Waals surface area (Å²) in [6, 6.07) is 1.91. The quantitative estimate of drug-likeness (QED) is 0.763. The number of hydrogen-bond donors (Lipinski definition) is 1. The predicted molar refractivity (Wildman–Crippen MR) is 56.9 cm³/mol. The Morgan fingerprint density at radius 2 is 2.36 bits per heavy atom. The van der Waals surface area contributed by atoms with Crippen molar-refractivity contribution in [1.29, 1.82) is 5.26 Å². The van der Waals surface area contributed by atoms with E-state index in [0.717, 1.165) is 12.3 Å². The number of nitriles is 1. The molecular formula is C9H14N4S. The summed E-state index contributed by atoms with van der Waals surface area (Å²) in [6.45, 7) is 5.09. The van der Waals surface area contributed by atoms with E-state index in [1.54, 1.807) is 11.0 Å². The Balaban J connectivity index is 2.63. The topological polar surface area (TPSA) is 54.5 Å². The Kier molecular flexibility index (Phi) is 3.96. The number of hydrogen-bond acceptors (Lipinski definition) is 4. The Bertz CT molecular complexity index is 326. The summed E-state index contributed by atoms with van der Waals surface area (Å²) in [7, 11) is 0. The van der Waals surface area contributed by atoms with Crippen LogP contribution in [0.3, 0.4) is 0 Å². The fourth-order valence-electron chi connectivity index (χ4n) is 1.15. The van der Waals surface area contributed by atoms with Crippen molar-refractivity contribution in [3.05, 3.63) is 12.2 Å². The Morgan fingerprint density at radius 1 is 1.64 bits per heavy atom. The van der Waals surface area contributed by atoms with Gasteiger partial charge >= 0.3 is 0 Å². The summed E-state index contributed by atoms with van der Waals surface area (Å²) in [5.74, 6) is 2.07. The molecule has 5 heteroatoms. The van der Waals surface area contributed by atoms with E-state index >= 15 is 0 Å². The Morgan fingerprint density at radius 3 is 2.79 bits per heavy atom. The van der Waals surface area contributed by atoms with E-state index in [-0.39, 0.29) is 5.82 Å². The van der Waals surface area contributed by atoms with E-state index in [1.165, 1.54) is 0 Å². The molecule has 1 heterocycles. The summed E-state index contributed by atoms with van der Waals surface area (Å²) in [5, 5.41) is 12.6. The minimum Gasteiger partial charge on any atom is -0.251 e. The lowest BCUT2D eigenvalue weighted by molar-refractivity contribution is 0.355. The lowest BCUT2D eigenvalue weighted by atomic mass is 9.98. The molecule has 0 aliphatic carbocycles. The van der Waals surface area contributed by atoms with Crippen LogP contribution in [-0.2, 0) is 6.54 Å². The zero-order chi connectivity index (χ0) is 10.6. The van der Waals surface area contributed by atoms with E-state index in [1.807, 2.05) is 6.07 Å². The SMILES string of the molecule is CC(C)C(CS)Cn1cnc(C#N)n1. The van der Waals surface area contributed by atoms with Crippen molar-refractivity contribution in [2.45, 2.75) is 20.4 Å². The highest BCUT2D eigenvalue weighted by molar-refractivity contribution is 7.80. The molecule has 1 atom stereocenters. The van der Waals surface area contributed by atoms with E-state index in [0.29, 0.717) is 11.8 Å².